The summed E-state index contributed by atoms with van der Waals surface area (Å²) in [4.78, 5) is 11.8. The molecule has 1 atom stereocenters. The Morgan fingerprint density at radius 3 is 3.13 bits per heavy atom. The molecule has 80 valence electrons. The van der Waals surface area contributed by atoms with Crippen LogP contribution in [-0.2, 0) is 6.42 Å². The van der Waals surface area contributed by atoms with Crippen LogP contribution in [0, 0.1) is 0 Å². The summed E-state index contributed by atoms with van der Waals surface area (Å²) in [6, 6.07) is 5.69. The van der Waals surface area contributed by atoms with Crippen molar-refractivity contribution in [2.45, 2.75) is 24.6 Å². The standard InChI is InChI=1S/C12H13BrO2/c1-2-10(13)12(14)9-3-4-11-8(7-9)5-6-15-11/h3-4,7,10H,2,5-6H2,1H3. The van der Waals surface area contributed by atoms with E-state index in [-0.39, 0.29) is 10.6 Å². The molecule has 1 aliphatic heterocycles. The third-order valence-corrected chi connectivity index (χ3v) is 3.68. The van der Waals surface area contributed by atoms with Crippen LogP contribution >= 0.6 is 15.9 Å². The predicted molar refractivity (Wildman–Crippen MR) is 63.0 cm³/mol. The van der Waals surface area contributed by atoms with E-state index >= 15 is 0 Å². The molecule has 0 bridgehead atoms. The van der Waals surface area contributed by atoms with Crippen molar-refractivity contribution in [1.82, 2.24) is 0 Å². The molecule has 0 amide bonds. The van der Waals surface area contributed by atoms with Gasteiger partial charge in [0.2, 0.25) is 0 Å². The lowest BCUT2D eigenvalue weighted by Gasteiger charge is -2.07. The number of hydrogen-bond donors (Lipinski definition) is 0. The quantitative estimate of drug-likeness (QED) is 0.623. The minimum absolute atomic E-state index is 0.0714. The van der Waals surface area contributed by atoms with Crippen molar-refractivity contribution in [3.63, 3.8) is 0 Å². The summed E-state index contributed by atoms with van der Waals surface area (Å²) in [5.74, 6) is 1.08. The first-order valence-corrected chi connectivity index (χ1v) is 6.08. The molecule has 0 aliphatic carbocycles. The molecule has 0 radical (unpaired) electrons. The summed E-state index contributed by atoms with van der Waals surface area (Å²) in [6.07, 6.45) is 1.72. The van der Waals surface area contributed by atoms with E-state index in [1.165, 1.54) is 0 Å². The summed E-state index contributed by atoms with van der Waals surface area (Å²) in [5.41, 5.74) is 1.93. The Morgan fingerprint density at radius 2 is 2.40 bits per heavy atom. The number of hydrogen-bond acceptors (Lipinski definition) is 2. The van der Waals surface area contributed by atoms with Gasteiger partial charge in [-0.3, -0.25) is 4.79 Å². The maximum Gasteiger partial charge on any atom is 0.176 e. The Bertz CT molecular complexity index is 387. The second kappa shape index (κ2) is 4.35. The minimum Gasteiger partial charge on any atom is -0.493 e. The third-order valence-electron chi connectivity index (χ3n) is 2.62. The maximum atomic E-state index is 11.9. The van der Waals surface area contributed by atoms with E-state index in [2.05, 4.69) is 15.9 Å². The molecule has 1 aromatic rings. The molecular weight excluding hydrogens is 256 g/mol. The van der Waals surface area contributed by atoms with Gasteiger partial charge < -0.3 is 4.74 Å². The Labute approximate surface area is 97.8 Å². The van der Waals surface area contributed by atoms with Gasteiger partial charge in [-0.25, -0.2) is 0 Å². The third kappa shape index (κ3) is 2.07. The average Bonchev–Trinajstić information content (AvgIpc) is 2.73. The van der Waals surface area contributed by atoms with E-state index in [4.69, 9.17) is 4.74 Å². The number of ether oxygens (including phenoxy) is 1. The molecular formula is C12H13BrO2. The lowest BCUT2D eigenvalue weighted by Crippen LogP contribution is -2.12. The fourth-order valence-electron chi connectivity index (χ4n) is 1.71. The van der Waals surface area contributed by atoms with E-state index in [0.717, 1.165) is 36.3 Å². The molecule has 1 aromatic carbocycles. The van der Waals surface area contributed by atoms with Crippen molar-refractivity contribution in [3.05, 3.63) is 29.3 Å². The van der Waals surface area contributed by atoms with Crippen LogP contribution in [-0.4, -0.2) is 17.2 Å². The van der Waals surface area contributed by atoms with E-state index in [1.54, 1.807) is 0 Å². The maximum absolute atomic E-state index is 11.9. The molecule has 0 saturated heterocycles. The van der Waals surface area contributed by atoms with Crippen LogP contribution in [0.4, 0.5) is 0 Å². The molecule has 1 heterocycles. The predicted octanol–water partition coefficient (Wildman–Crippen LogP) is 2.98. The highest BCUT2D eigenvalue weighted by molar-refractivity contribution is 9.10. The zero-order chi connectivity index (χ0) is 10.8. The van der Waals surface area contributed by atoms with E-state index < -0.39 is 0 Å². The molecule has 3 heteroatoms. The van der Waals surface area contributed by atoms with Gasteiger partial charge in [0.15, 0.2) is 5.78 Å². The van der Waals surface area contributed by atoms with Crippen molar-refractivity contribution in [3.8, 4) is 5.75 Å². The molecule has 1 aliphatic rings. The van der Waals surface area contributed by atoms with Crippen molar-refractivity contribution in [2.24, 2.45) is 0 Å². The zero-order valence-corrected chi connectivity index (χ0v) is 10.2. The van der Waals surface area contributed by atoms with Gasteiger partial charge in [-0.1, -0.05) is 22.9 Å². The molecule has 15 heavy (non-hydrogen) atoms. The second-order valence-corrected chi connectivity index (χ2v) is 4.77. The normalized spacial score (nSPS) is 15.6. The topological polar surface area (TPSA) is 26.3 Å². The number of ketones is 1. The fourth-order valence-corrected chi connectivity index (χ4v) is 1.97. The monoisotopic (exact) mass is 268 g/mol. The van der Waals surface area contributed by atoms with Crippen LogP contribution in [0.5, 0.6) is 5.75 Å². The second-order valence-electron chi connectivity index (χ2n) is 3.66. The lowest BCUT2D eigenvalue weighted by atomic mass is 10.0. The van der Waals surface area contributed by atoms with Crippen LogP contribution in [0.2, 0.25) is 0 Å². The summed E-state index contributed by atoms with van der Waals surface area (Å²) in [7, 11) is 0. The molecule has 0 saturated carbocycles. The van der Waals surface area contributed by atoms with Crippen LogP contribution in [0.3, 0.4) is 0 Å². The Morgan fingerprint density at radius 1 is 1.60 bits per heavy atom. The Kier molecular flexibility index (Phi) is 3.10. The van der Waals surface area contributed by atoms with Crippen LogP contribution in [0.25, 0.3) is 0 Å². The van der Waals surface area contributed by atoms with Gasteiger partial charge in [0.25, 0.3) is 0 Å². The van der Waals surface area contributed by atoms with Crippen molar-refractivity contribution in [2.75, 3.05) is 6.61 Å². The average molecular weight is 269 g/mol. The molecule has 2 nitrogen and oxygen atoms in total. The molecule has 1 unspecified atom stereocenters. The largest absolute Gasteiger partial charge is 0.493 e. The Hall–Kier alpha value is -0.830. The number of carbonyl (C=O) groups excluding carboxylic acids is 1. The van der Waals surface area contributed by atoms with Crippen LogP contribution < -0.4 is 4.74 Å². The first-order chi connectivity index (χ1) is 7.22. The minimum atomic E-state index is -0.0714. The highest BCUT2D eigenvalue weighted by atomic mass is 79.9. The fraction of sp³-hybridized carbons (Fsp3) is 0.417. The van der Waals surface area contributed by atoms with Gasteiger partial charge >= 0.3 is 0 Å². The number of fused-ring (bicyclic) bond motifs is 1. The van der Waals surface area contributed by atoms with Crippen LogP contribution in [0.1, 0.15) is 29.3 Å². The molecule has 0 fully saturated rings. The number of rotatable bonds is 3. The smallest absolute Gasteiger partial charge is 0.176 e. The highest BCUT2D eigenvalue weighted by Crippen LogP contribution is 2.27. The first kappa shape index (κ1) is 10.7. The number of Topliss-reactive ketones (excluding diaryl/α,β-unsaturated/α-hetero) is 1. The summed E-state index contributed by atoms with van der Waals surface area (Å²) in [5, 5.41) is 0. The zero-order valence-electron chi connectivity index (χ0n) is 8.63. The van der Waals surface area contributed by atoms with Gasteiger partial charge in [0.1, 0.15) is 5.75 Å². The van der Waals surface area contributed by atoms with Gasteiger partial charge in [-0.05, 0) is 30.2 Å². The first-order valence-electron chi connectivity index (χ1n) is 5.16. The molecule has 0 spiro atoms. The van der Waals surface area contributed by atoms with Crippen molar-refractivity contribution >= 4 is 21.7 Å². The SMILES string of the molecule is CCC(Br)C(=O)c1ccc2c(c1)CCO2. The Balaban J connectivity index is 2.26. The number of benzene rings is 1. The van der Waals surface area contributed by atoms with E-state index in [0.29, 0.717) is 0 Å². The summed E-state index contributed by atoms with van der Waals surface area (Å²) in [6.45, 7) is 2.73. The molecule has 0 N–H and O–H groups in total. The van der Waals surface area contributed by atoms with Gasteiger partial charge in [0, 0.05) is 12.0 Å². The highest BCUT2D eigenvalue weighted by Gasteiger charge is 2.18. The van der Waals surface area contributed by atoms with Crippen molar-refractivity contribution in [1.29, 1.82) is 0 Å². The van der Waals surface area contributed by atoms with Gasteiger partial charge in [0.05, 0.1) is 11.4 Å². The van der Waals surface area contributed by atoms with E-state index in [1.807, 2.05) is 25.1 Å². The number of halogens is 1. The van der Waals surface area contributed by atoms with Gasteiger partial charge in [-0.15, -0.1) is 0 Å². The van der Waals surface area contributed by atoms with Crippen LogP contribution in [0.15, 0.2) is 18.2 Å². The van der Waals surface area contributed by atoms with Gasteiger partial charge in [-0.2, -0.15) is 0 Å². The summed E-state index contributed by atoms with van der Waals surface area (Å²) >= 11 is 3.38. The van der Waals surface area contributed by atoms with E-state index in [9.17, 15) is 4.79 Å². The number of alkyl halides is 1. The molecule has 0 aromatic heterocycles. The molecule has 2 rings (SSSR count). The summed E-state index contributed by atoms with van der Waals surface area (Å²) < 4.78 is 5.40. The van der Waals surface area contributed by atoms with Crippen molar-refractivity contribution < 1.29 is 9.53 Å². The lowest BCUT2D eigenvalue weighted by molar-refractivity contribution is 0.0990. The number of carbonyl (C=O) groups is 1.